The highest BCUT2D eigenvalue weighted by molar-refractivity contribution is 5.85. The van der Waals surface area contributed by atoms with Gasteiger partial charge < -0.3 is 16.4 Å². The Kier molecular flexibility index (Phi) is 11.8. The standard InChI is InChI=1S/C10H21N3O2.ClH/c1-3-8(2)13-10(15)5-7-12-9(14)4-6-11;/h8H,3-7,11H2,1-2H3,(H,12,14)(H,13,15);1H. The number of nitrogens with two attached hydrogens (primary N) is 1. The first-order chi connectivity index (χ1) is 7.10. The maximum Gasteiger partial charge on any atom is 0.221 e. The van der Waals surface area contributed by atoms with E-state index in [4.69, 9.17) is 5.73 Å². The SMILES string of the molecule is CCC(C)NC(=O)CCNC(=O)CCN.Cl. The molecule has 0 spiro atoms. The van der Waals surface area contributed by atoms with E-state index in [0.29, 0.717) is 25.9 Å². The van der Waals surface area contributed by atoms with Gasteiger partial charge in [-0.15, -0.1) is 12.4 Å². The molecular formula is C10H22ClN3O2. The van der Waals surface area contributed by atoms with Crippen molar-refractivity contribution in [1.82, 2.24) is 10.6 Å². The molecule has 2 amide bonds. The van der Waals surface area contributed by atoms with Crippen LogP contribution in [0.25, 0.3) is 0 Å². The first-order valence-electron chi connectivity index (χ1n) is 5.36. The van der Waals surface area contributed by atoms with E-state index >= 15 is 0 Å². The molecule has 96 valence electrons. The molecule has 0 aliphatic heterocycles. The molecule has 0 fully saturated rings. The molecule has 16 heavy (non-hydrogen) atoms. The van der Waals surface area contributed by atoms with E-state index in [0.717, 1.165) is 6.42 Å². The lowest BCUT2D eigenvalue weighted by Gasteiger charge is -2.11. The summed E-state index contributed by atoms with van der Waals surface area (Å²) in [4.78, 5) is 22.2. The van der Waals surface area contributed by atoms with Crippen LogP contribution in [0.15, 0.2) is 0 Å². The monoisotopic (exact) mass is 251 g/mol. The minimum absolute atomic E-state index is 0. The Morgan fingerprint density at radius 2 is 1.88 bits per heavy atom. The fraction of sp³-hybridized carbons (Fsp3) is 0.800. The van der Waals surface area contributed by atoms with Gasteiger partial charge in [0.15, 0.2) is 0 Å². The first kappa shape index (κ1) is 17.6. The molecule has 0 saturated carbocycles. The Hall–Kier alpha value is -0.810. The van der Waals surface area contributed by atoms with Gasteiger partial charge in [-0.05, 0) is 13.3 Å². The molecule has 0 heterocycles. The number of amides is 2. The fourth-order valence-corrected chi connectivity index (χ4v) is 0.984. The van der Waals surface area contributed by atoms with Crippen LogP contribution >= 0.6 is 12.4 Å². The molecule has 0 aliphatic rings. The predicted octanol–water partition coefficient (Wildman–Crippen LogP) is 0.178. The van der Waals surface area contributed by atoms with Crippen LogP contribution < -0.4 is 16.4 Å². The summed E-state index contributed by atoms with van der Waals surface area (Å²) >= 11 is 0. The highest BCUT2D eigenvalue weighted by Gasteiger charge is 2.05. The molecule has 6 heteroatoms. The quantitative estimate of drug-likeness (QED) is 0.604. The van der Waals surface area contributed by atoms with E-state index in [2.05, 4.69) is 10.6 Å². The molecular weight excluding hydrogens is 230 g/mol. The Balaban J connectivity index is 0. The number of rotatable bonds is 7. The fourth-order valence-electron chi connectivity index (χ4n) is 0.984. The van der Waals surface area contributed by atoms with Crippen molar-refractivity contribution in [3.8, 4) is 0 Å². The number of nitrogens with one attached hydrogen (secondary N) is 2. The Bertz CT molecular complexity index is 212. The first-order valence-corrected chi connectivity index (χ1v) is 5.36. The number of hydrogen-bond acceptors (Lipinski definition) is 3. The molecule has 0 rings (SSSR count). The number of hydrogen-bond donors (Lipinski definition) is 3. The van der Waals surface area contributed by atoms with E-state index < -0.39 is 0 Å². The minimum atomic E-state index is -0.103. The van der Waals surface area contributed by atoms with Crippen LogP contribution in [0, 0.1) is 0 Å². The second-order valence-electron chi connectivity index (χ2n) is 3.52. The summed E-state index contributed by atoms with van der Waals surface area (Å²) in [5, 5.41) is 5.45. The molecule has 0 aromatic heterocycles. The Morgan fingerprint density at radius 1 is 1.25 bits per heavy atom. The maximum atomic E-state index is 11.3. The predicted molar refractivity (Wildman–Crippen MR) is 66.4 cm³/mol. The number of carbonyl (C=O) groups is 2. The maximum absolute atomic E-state index is 11.3. The van der Waals surface area contributed by atoms with E-state index in [9.17, 15) is 9.59 Å². The molecule has 0 saturated heterocycles. The van der Waals surface area contributed by atoms with Crippen molar-refractivity contribution in [1.29, 1.82) is 0 Å². The van der Waals surface area contributed by atoms with Gasteiger partial charge in [0, 0.05) is 32.0 Å². The van der Waals surface area contributed by atoms with Gasteiger partial charge in [-0.2, -0.15) is 0 Å². The molecule has 0 aliphatic carbocycles. The Morgan fingerprint density at radius 3 is 2.38 bits per heavy atom. The van der Waals surface area contributed by atoms with E-state index in [1.807, 2.05) is 13.8 Å². The van der Waals surface area contributed by atoms with Gasteiger partial charge in [0.25, 0.3) is 0 Å². The summed E-state index contributed by atoms with van der Waals surface area (Å²) in [5.41, 5.74) is 5.20. The summed E-state index contributed by atoms with van der Waals surface area (Å²) in [6, 6.07) is 0.192. The highest BCUT2D eigenvalue weighted by Crippen LogP contribution is 1.89. The van der Waals surface area contributed by atoms with Crippen LogP contribution in [-0.2, 0) is 9.59 Å². The van der Waals surface area contributed by atoms with E-state index in [-0.39, 0.29) is 30.3 Å². The van der Waals surface area contributed by atoms with Crippen LogP contribution in [0.4, 0.5) is 0 Å². The lowest BCUT2D eigenvalue weighted by molar-refractivity contribution is -0.122. The zero-order valence-corrected chi connectivity index (χ0v) is 10.7. The smallest absolute Gasteiger partial charge is 0.221 e. The summed E-state index contributed by atoms with van der Waals surface area (Å²) in [5.74, 6) is -0.133. The van der Waals surface area contributed by atoms with Gasteiger partial charge in [0.2, 0.25) is 11.8 Å². The molecule has 1 unspecified atom stereocenters. The Labute approximate surface area is 103 Å². The lowest BCUT2D eigenvalue weighted by Crippen LogP contribution is -2.35. The average molecular weight is 252 g/mol. The zero-order chi connectivity index (χ0) is 11.7. The molecule has 1 atom stereocenters. The van der Waals surface area contributed by atoms with E-state index in [1.165, 1.54) is 0 Å². The van der Waals surface area contributed by atoms with E-state index in [1.54, 1.807) is 0 Å². The van der Waals surface area contributed by atoms with Gasteiger partial charge in [-0.1, -0.05) is 6.92 Å². The molecule has 0 aromatic rings. The van der Waals surface area contributed by atoms with Crippen molar-refractivity contribution in [3.63, 3.8) is 0 Å². The van der Waals surface area contributed by atoms with Crippen LogP contribution in [-0.4, -0.2) is 30.9 Å². The van der Waals surface area contributed by atoms with Crippen molar-refractivity contribution in [3.05, 3.63) is 0 Å². The molecule has 4 N–H and O–H groups in total. The minimum Gasteiger partial charge on any atom is -0.356 e. The number of halogens is 1. The average Bonchev–Trinajstić information content (AvgIpc) is 2.18. The second kappa shape index (κ2) is 10.7. The van der Waals surface area contributed by atoms with Crippen molar-refractivity contribution in [2.75, 3.05) is 13.1 Å². The summed E-state index contributed by atoms with van der Waals surface area (Å²) in [6.07, 6.45) is 1.54. The third-order valence-corrected chi connectivity index (χ3v) is 2.07. The highest BCUT2D eigenvalue weighted by atomic mass is 35.5. The molecule has 0 bridgehead atoms. The van der Waals surface area contributed by atoms with Crippen molar-refractivity contribution >= 4 is 24.2 Å². The zero-order valence-electron chi connectivity index (χ0n) is 9.91. The molecule has 0 aromatic carbocycles. The second-order valence-corrected chi connectivity index (χ2v) is 3.52. The summed E-state index contributed by atoms with van der Waals surface area (Å²) in [7, 11) is 0. The third kappa shape index (κ3) is 9.73. The van der Waals surface area contributed by atoms with Gasteiger partial charge in [-0.3, -0.25) is 9.59 Å². The molecule has 5 nitrogen and oxygen atoms in total. The van der Waals surface area contributed by atoms with Crippen LogP contribution in [0.5, 0.6) is 0 Å². The van der Waals surface area contributed by atoms with Gasteiger partial charge in [0.05, 0.1) is 0 Å². The third-order valence-electron chi connectivity index (χ3n) is 2.07. The van der Waals surface area contributed by atoms with Crippen molar-refractivity contribution < 1.29 is 9.59 Å². The van der Waals surface area contributed by atoms with Crippen molar-refractivity contribution in [2.45, 2.75) is 39.2 Å². The number of carbonyl (C=O) groups excluding carboxylic acids is 2. The summed E-state index contributed by atoms with van der Waals surface area (Å²) < 4.78 is 0. The van der Waals surface area contributed by atoms with Crippen LogP contribution in [0.3, 0.4) is 0 Å². The van der Waals surface area contributed by atoms with Crippen LogP contribution in [0.2, 0.25) is 0 Å². The largest absolute Gasteiger partial charge is 0.356 e. The van der Waals surface area contributed by atoms with Gasteiger partial charge in [-0.25, -0.2) is 0 Å². The van der Waals surface area contributed by atoms with Gasteiger partial charge in [0.1, 0.15) is 0 Å². The van der Waals surface area contributed by atoms with Gasteiger partial charge >= 0.3 is 0 Å². The van der Waals surface area contributed by atoms with Crippen molar-refractivity contribution in [2.24, 2.45) is 5.73 Å². The van der Waals surface area contributed by atoms with Crippen LogP contribution in [0.1, 0.15) is 33.1 Å². The topological polar surface area (TPSA) is 84.2 Å². The normalized spacial score (nSPS) is 11.2. The lowest BCUT2D eigenvalue weighted by atomic mass is 10.2. The molecule has 0 radical (unpaired) electrons. The summed E-state index contributed by atoms with van der Waals surface area (Å²) in [6.45, 7) is 4.67.